The molecule has 1 aliphatic heterocycles. The molecule has 2 N–H and O–H groups in total. The van der Waals surface area contributed by atoms with Gasteiger partial charge in [-0.2, -0.15) is 0 Å². The van der Waals surface area contributed by atoms with E-state index in [2.05, 4.69) is 11.9 Å². The maximum Gasteiger partial charge on any atom is 0.165 e. The van der Waals surface area contributed by atoms with Gasteiger partial charge in [-0.25, -0.2) is 4.39 Å². The predicted molar refractivity (Wildman–Crippen MR) is 74.7 cm³/mol. The molecule has 1 aromatic rings. The fourth-order valence-electron chi connectivity index (χ4n) is 2.74. The number of benzene rings is 1. The van der Waals surface area contributed by atoms with Crippen LogP contribution in [0.25, 0.3) is 0 Å². The number of hydrogen-bond donors (Lipinski definition) is 1. The summed E-state index contributed by atoms with van der Waals surface area (Å²) in [5.41, 5.74) is 6.28. The first-order valence-electron chi connectivity index (χ1n) is 6.97. The van der Waals surface area contributed by atoms with E-state index in [1.807, 2.05) is 13.0 Å². The number of hydrogen-bond acceptors (Lipinski definition) is 3. The van der Waals surface area contributed by atoms with Crippen LogP contribution in [0.2, 0.25) is 0 Å². The Bertz CT molecular complexity index is 425. The highest BCUT2D eigenvalue weighted by Crippen LogP contribution is 2.24. The lowest BCUT2D eigenvalue weighted by atomic mass is 9.99. The summed E-state index contributed by atoms with van der Waals surface area (Å²) >= 11 is 0. The average molecular weight is 266 g/mol. The van der Waals surface area contributed by atoms with Crippen LogP contribution in [0.15, 0.2) is 18.2 Å². The van der Waals surface area contributed by atoms with Gasteiger partial charge in [-0.3, -0.25) is 4.90 Å². The fraction of sp³-hybridized carbons (Fsp3) is 0.600. The van der Waals surface area contributed by atoms with Crippen LogP contribution in [-0.4, -0.2) is 30.6 Å². The van der Waals surface area contributed by atoms with Crippen molar-refractivity contribution in [3.05, 3.63) is 29.6 Å². The third-order valence-corrected chi connectivity index (χ3v) is 3.91. The highest BCUT2D eigenvalue weighted by atomic mass is 19.1. The lowest BCUT2D eigenvalue weighted by Gasteiger charge is -2.36. The minimum Gasteiger partial charge on any atom is -0.486 e. The van der Waals surface area contributed by atoms with E-state index in [1.165, 1.54) is 18.9 Å². The normalized spacial score (nSPS) is 22.2. The van der Waals surface area contributed by atoms with Crippen molar-refractivity contribution in [3.8, 4) is 5.75 Å². The van der Waals surface area contributed by atoms with Crippen molar-refractivity contribution in [2.75, 3.05) is 13.6 Å². The van der Waals surface area contributed by atoms with Gasteiger partial charge in [0.25, 0.3) is 0 Å². The third kappa shape index (κ3) is 3.45. The topological polar surface area (TPSA) is 38.5 Å². The van der Waals surface area contributed by atoms with Crippen LogP contribution in [0, 0.1) is 5.82 Å². The van der Waals surface area contributed by atoms with E-state index in [4.69, 9.17) is 10.5 Å². The Hall–Kier alpha value is -1.13. The van der Waals surface area contributed by atoms with Crippen molar-refractivity contribution in [3.63, 3.8) is 0 Å². The lowest BCUT2D eigenvalue weighted by molar-refractivity contribution is 0.0660. The molecule has 3 nitrogen and oxygen atoms in total. The van der Waals surface area contributed by atoms with E-state index in [0.29, 0.717) is 18.3 Å². The summed E-state index contributed by atoms with van der Waals surface area (Å²) < 4.78 is 19.7. The van der Waals surface area contributed by atoms with Crippen molar-refractivity contribution in [2.45, 2.75) is 44.9 Å². The van der Waals surface area contributed by atoms with E-state index in [0.717, 1.165) is 18.5 Å². The molecule has 2 rings (SSSR count). The summed E-state index contributed by atoms with van der Waals surface area (Å²) in [7, 11) is 2.11. The molecule has 19 heavy (non-hydrogen) atoms. The summed E-state index contributed by atoms with van der Waals surface area (Å²) in [4.78, 5) is 2.31. The second kappa shape index (κ2) is 6.35. The van der Waals surface area contributed by atoms with Crippen LogP contribution < -0.4 is 10.5 Å². The van der Waals surface area contributed by atoms with Crippen LogP contribution in [0.3, 0.4) is 0 Å². The first kappa shape index (κ1) is 14.3. The molecular weight excluding hydrogens is 243 g/mol. The maximum absolute atomic E-state index is 13.9. The number of rotatable bonds is 4. The highest BCUT2D eigenvalue weighted by molar-refractivity contribution is 5.29. The molecule has 0 aliphatic carbocycles. The van der Waals surface area contributed by atoms with Gasteiger partial charge < -0.3 is 10.5 Å². The van der Waals surface area contributed by atoms with Crippen LogP contribution in [-0.2, 0) is 6.54 Å². The smallest absolute Gasteiger partial charge is 0.165 e. The monoisotopic (exact) mass is 266 g/mol. The van der Waals surface area contributed by atoms with Crippen molar-refractivity contribution >= 4 is 0 Å². The molecular formula is C15H23FN2O. The Labute approximate surface area is 114 Å². The SMILES string of the molecule is CC(Oc1ccc(CN)cc1F)C1CCCCN1C. The number of piperidine rings is 1. The second-order valence-corrected chi connectivity index (χ2v) is 5.34. The van der Waals surface area contributed by atoms with Crippen LogP contribution in [0.5, 0.6) is 5.75 Å². The molecule has 1 aliphatic rings. The molecule has 1 saturated heterocycles. The van der Waals surface area contributed by atoms with Crippen molar-refractivity contribution in [1.29, 1.82) is 0 Å². The van der Waals surface area contributed by atoms with Gasteiger partial charge in [0, 0.05) is 12.6 Å². The molecule has 0 radical (unpaired) electrons. The zero-order chi connectivity index (χ0) is 13.8. The third-order valence-electron chi connectivity index (χ3n) is 3.91. The first-order valence-corrected chi connectivity index (χ1v) is 6.97. The van der Waals surface area contributed by atoms with E-state index < -0.39 is 0 Å². The molecule has 0 aromatic heterocycles. The number of likely N-dealkylation sites (N-methyl/N-ethyl adjacent to an activating group) is 1. The van der Waals surface area contributed by atoms with Crippen molar-refractivity contribution in [2.24, 2.45) is 5.73 Å². The molecule has 2 unspecified atom stereocenters. The van der Waals surface area contributed by atoms with Gasteiger partial charge in [-0.15, -0.1) is 0 Å². The van der Waals surface area contributed by atoms with Gasteiger partial charge in [0.05, 0.1) is 0 Å². The maximum atomic E-state index is 13.9. The molecule has 2 atom stereocenters. The highest BCUT2D eigenvalue weighted by Gasteiger charge is 2.26. The molecule has 0 amide bonds. The number of likely N-dealkylation sites (tertiary alicyclic amines) is 1. The minimum absolute atomic E-state index is 0.0106. The average Bonchev–Trinajstić information content (AvgIpc) is 2.41. The number of halogens is 1. The zero-order valence-corrected chi connectivity index (χ0v) is 11.7. The Kier molecular flexibility index (Phi) is 4.77. The second-order valence-electron chi connectivity index (χ2n) is 5.34. The lowest BCUT2D eigenvalue weighted by Crippen LogP contribution is -2.45. The van der Waals surface area contributed by atoms with Gasteiger partial charge >= 0.3 is 0 Å². The number of nitrogens with two attached hydrogens (primary N) is 1. The van der Waals surface area contributed by atoms with Gasteiger partial charge in [0.1, 0.15) is 6.10 Å². The van der Waals surface area contributed by atoms with Crippen LogP contribution >= 0.6 is 0 Å². The Morgan fingerprint density at radius 2 is 2.26 bits per heavy atom. The van der Waals surface area contributed by atoms with Crippen molar-refractivity contribution < 1.29 is 9.13 Å². The Morgan fingerprint density at radius 3 is 2.89 bits per heavy atom. The molecule has 4 heteroatoms. The van der Waals surface area contributed by atoms with E-state index >= 15 is 0 Å². The summed E-state index contributed by atoms with van der Waals surface area (Å²) in [5, 5.41) is 0. The molecule has 1 fully saturated rings. The molecule has 106 valence electrons. The molecule has 0 saturated carbocycles. The molecule has 1 heterocycles. The summed E-state index contributed by atoms with van der Waals surface area (Å²) in [6.45, 7) is 3.45. The van der Waals surface area contributed by atoms with E-state index in [-0.39, 0.29) is 11.9 Å². The molecule has 0 bridgehead atoms. The quantitative estimate of drug-likeness (QED) is 0.910. The van der Waals surface area contributed by atoms with E-state index in [9.17, 15) is 4.39 Å². The number of ether oxygens (including phenoxy) is 1. The van der Waals surface area contributed by atoms with Gasteiger partial charge in [0.2, 0.25) is 0 Å². The summed E-state index contributed by atoms with van der Waals surface area (Å²) in [6, 6.07) is 5.31. The van der Waals surface area contributed by atoms with Crippen LogP contribution in [0.1, 0.15) is 31.7 Å². The first-order chi connectivity index (χ1) is 9.11. The Balaban J connectivity index is 2.03. The fourth-order valence-corrected chi connectivity index (χ4v) is 2.74. The van der Waals surface area contributed by atoms with E-state index in [1.54, 1.807) is 6.07 Å². The Morgan fingerprint density at radius 1 is 1.47 bits per heavy atom. The number of nitrogens with zero attached hydrogens (tertiary/aromatic N) is 1. The summed E-state index contributed by atoms with van der Waals surface area (Å²) in [5.74, 6) is -0.00284. The zero-order valence-electron chi connectivity index (χ0n) is 11.7. The van der Waals surface area contributed by atoms with Gasteiger partial charge in [-0.1, -0.05) is 12.5 Å². The standard InChI is InChI=1S/C15H23FN2O/c1-11(14-5-3-4-8-18(14)2)19-15-7-6-12(10-17)9-13(15)16/h6-7,9,11,14H,3-5,8,10,17H2,1-2H3. The molecule has 0 spiro atoms. The summed E-state index contributed by atoms with van der Waals surface area (Å²) in [6.07, 6.45) is 3.56. The molecule has 1 aromatic carbocycles. The van der Waals surface area contributed by atoms with Crippen molar-refractivity contribution in [1.82, 2.24) is 4.90 Å². The van der Waals surface area contributed by atoms with Gasteiger partial charge in [-0.05, 0) is 51.1 Å². The van der Waals surface area contributed by atoms with Gasteiger partial charge in [0.15, 0.2) is 11.6 Å². The van der Waals surface area contributed by atoms with Crippen LogP contribution in [0.4, 0.5) is 4.39 Å². The largest absolute Gasteiger partial charge is 0.486 e. The minimum atomic E-state index is -0.326. The predicted octanol–water partition coefficient (Wildman–Crippen LogP) is 2.54.